The number of carbonyl (C=O) groups is 1. The molecule has 2 fully saturated rings. The molecule has 5 rings (SSSR count). The van der Waals surface area contributed by atoms with Crippen LogP contribution in [0.2, 0.25) is 0 Å². The van der Waals surface area contributed by atoms with E-state index in [-0.39, 0.29) is 11.6 Å². The first-order valence-corrected chi connectivity index (χ1v) is 12.9. The van der Waals surface area contributed by atoms with Crippen LogP contribution in [-0.2, 0) is 10.3 Å². The molecule has 0 atom stereocenters. The molecule has 1 amide bonds. The van der Waals surface area contributed by atoms with Crippen molar-refractivity contribution in [2.45, 2.75) is 37.0 Å². The third kappa shape index (κ3) is 5.62. The van der Waals surface area contributed by atoms with E-state index in [1.54, 1.807) is 17.3 Å². The van der Waals surface area contributed by atoms with Gasteiger partial charge in [-0.1, -0.05) is 6.58 Å². The van der Waals surface area contributed by atoms with Gasteiger partial charge in [0.15, 0.2) is 5.71 Å². The molecule has 0 aliphatic carbocycles. The fourth-order valence-corrected chi connectivity index (χ4v) is 5.37. The molecule has 0 radical (unpaired) electrons. The molecule has 0 unspecified atom stereocenters. The molecule has 5 heterocycles. The maximum Gasteiger partial charge on any atom is 0.432 e. The molecule has 3 aromatic heterocycles. The zero-order valence-electron chi connectivity index (χ0n) is 22.0. The van der Waals surface area contributed by atoms with Gasteiger partial charge < -0.3 is 9.88 Å². The molecule has 1 N–H and O–H groups in total. The lowest BCUT2D eigenvalue weighted by molar-refractivity contribution is -0.129. The summed E-state index contributed by atoms with van der Waals surface area (Å²) in [6.07, 6.45) is 5.57. The van der Waals surface area contributed by atoms with E-state index in [4.69, 9.17) is 0 Å². The number of carbonyl (C=O) groups excluding carboxylic acids is 1. The van der Waals surface area contributed by atoms with E-state index >= 15 is 0 Å². The third-order valence-electron chi connectivity index (χ3n) is 7.60. The summed E-state index contributed by atoms with van der Waals surface area (Å²) in [7, 11) is 0. The van der Waals surface area contributed by atoms with Gasteiger partial charge in [0.2, 0.25) is 0 Å². The number of nitrogens with one attached hydrogen (secondary N) is 1. The number of rotatable bonds is 8. The van der Waals surface area contributed by atoms with E-state index in [1.807, 2.05) is 16.9 Å². The highest BCUT2D eigenvalue weighted by Crippen LogP contribution is 2.37. The third-order valence-corrected chi connectivity index (χ3v) is 7.60. The number of likely N-dealkylation sites (tertiary alicyclic amines) is 2. The highest BCUT2D eigenvalue weighted by molar-refractivity contribution is 5.96. The number of hydrogen-bond acceptors (Lipinski definition) is 7. The second-order valence-corrected chi connectivity index (χ2v) is 10.2. The Morgan fingerprint density at radius 2 is 2.05 bits per heavy atom. The Bertz CT molecular complexity index is 1530. The van der Waals surface area contributed by atoms with Crippen LogP contribution in [0, 0.1) is 11.3 Å². The van der Waals surface area contributed by atoms with Crippen molar-refractivity contribution in [1.82, 2.24) is 34.5 Å². The number of piperidine rings is 1. The van der Waals surface area contributed by atoms with Crippen LogP contribution in [0.25, 0.3) is 22.3 Å². The highest BCUT2D eigenvalue weighted by atomic mass is 19.4. The Hall–Kier alpha value is -4.38. The number of nitriles is 1. The number of halogens is 4. The van der Waals surface area contributed by atoms with Crippen molar-refractivity contribution in [1.29, 1.82) is 5.26 Å². The van der Waals surface area contributed by atoms with Crippen LogP contribution in [0.5, 0.6) is 0 Å². The Morgan fingerprint density at radius 1 is 1.29 bits per heavy atom. The van der Waals surface area contributed by atoms with Crippen LogP contribution in [0.3, 0.4) is 0 Å². The molecule has 41 heavy (non-hydrogen) atoms. The lowest BCUT2D eigenvalue weighted by Crippen LogP contribution is -2.66. The van der Waals surface area contributed by atoms with E-state index in [1.165, 1.54) is 6.33 Å². The average Bonchev–Trinajstić information content (AvgIpc) is 3.62. The Balaban J connectivity index is 1.18. The zero-order chi connectivity index (χ0) is 29.2. The van der Waals surface area contributed by atoms with Gasteiger partial charge in [0, 0.05) is 67.3 Å². The zero-order valence-corrected chi connectivity index (χ0v) is 22.0. The SMILES string of the molecule is C=C(/C=C\N=C(CF)C(F)(F)F)C(=O)N1CCC(N2CC(CC#N)(n3cc(-c4ncnc5[nH]ccc45)cn3)C2)CC1. The monoisotopic (exact) mass is 569 g/mol. The predicted molar refractivity (Wildman–Crippen MR) is 142 cm³/mol. The fraction of sp³-hybridized carbons (Fsp3) is 0.407. The first kappa shape index (κ1) is 28.2. The number of fused-ring (bicyclic) bond motifs is 1. The van der Waals surface area contributed by atoms with Gasteiger partial charge in [-0.25, -0.2) is 14.4 Å². The number of aromatic amines is 1. The van der Waals surface area contributed by atoms with E-state index in [0.717, 1.165) is 34.6 Å². The predicted octanol–water partition coefficient (Wildman–Crippen LogP) is 3.78. The van der Waals surface area contributed by atoms with Gasteiger partial charge in [0.1, 0.15) is 24.2 Å². The van der Waals surface area contributed by atoms with Gasteiger partial charge in [-0.15, -0.1) is 0 Å². The number of hydrogen-bond donors (Lipinski definition) is 1. The summed E-state index contributed by atoms with van der Waals surface area (Å²) in [5.74, 6) is -0.406. The molecule has 2 aliphatic heterocycles. The van der Waals surface area contributed by atoms with Gasteiger partial charge >= 0.3 is 6.18 Å². The maximum atomic E-state index is 12.7. The molecular formula is C27H27F4N9O. The molecule has 14 heteroatoms. The number of nitrogens with zero attached hydrogens (tertiary/aromatic N) is 8. The summed E-state index contributed by atoms with van der Waals surface area (Å²) in [6.45, 7) is 4.03. The van der Waals surface area contributed by atoms with Crippen LogP contribution in [0.4, 0.5) is 17.6 Å². The molecule has 3 aromatic rings. The first-order chi connectivity index (χ1) is 19.6. The van der Waals surface area contributed by atoms with Crippen LogP contribution >= 0.6 is 0 Å². The van der Waals surface area contributed by atoms with Gasteiger partial charge in [0.25, 0.3) is 5.91 Å². The maximum absolute atomic E-state index is 12.7. The number of amides is 1. The highest BCUT2D eigenvalue weighted by Gasteiger charge is 2.48. The second-order valence-electron chi connectivity index (χ2n) is 10.2. The normalized spacial score (nSPS) is 18.5. The largest absolute Gasteiger partial charge is 0.432 e. The van der Waals surface area contributed by atoms with E-state index in [9.17, 15) is 27.6 Å². The summed E-state index contributed by atoms with van der Waals surface area (Å²) in [4.78, 5) is 31.4. The van der Waals surface area contributed by atoms with Gasteiger partial charge in [0.05, 0.1) is 24.4 Å². The molecule has 2 saturated heterocycles. The topological polar surface area (TPSA) is 119 Å². The molecule has 0 aromatic carbocycles. The molecule has 10 nitrogen and oxygen atoms in total. The number of aromatic nitrogens is 5. The minimum absolute atomic E-state index is 0.0281. The minimum atomic E-state index is -4.88. The molecule has 214 valence electrons. The van der Waals surface area contributed by atoms with Crippen LogP contribution in [0.15, 0.2) is 60.4 Å². The summed E-state index contributed by atoms with van der Waals surface area (Å²) in [6, 6.07) is 4.41. The fourth-order valence-electron chi connectivity index (χ4n) is 5.37. The first-order valence-electron chi connectivity index (χ1n) is 12.9. The smallest absolute Gasteiger partial charge is 0.346 e. The van der Waals surface area contributed by atoms with Crippen LogP contribution in [-0.4, -0.2) is 91.2 Å². The van der Waals surface area contributed by atoms with Crippen molar-refractivity contribution in [3.63, 3.8) is 0 Å². The van der Waals surface area contributed by atoms with Crippen molar-refractivity contribution in [2.75, 3.05) is 32.9 Å². The van der Waals surface area contributed by atoms with Crippen molar-refractivity contribution in [3.05, 3.63) is 55.4 Å². The van der Waals surface area contributed by atoms with E-state index in [0.29, 0.717) is 45.4 Å². The summed E-state index contributed by atoms with van der Waals surface area (Å²) >= 11 is 0. The number of aliphatic imine (C=N–C) groups is 1. The quantitative estimate of drug-likeness (QED) is 0.191. The van der Waals surface area contributed by atoms with Gasteiger partial charge in [-0.05, 0) is 25.0 Å². The summed E-state index contributed by atoms with van der Waals surface area (Å²) in [5, 5.41) is 15.1. The summed E-state index contributed by atoms with van der Waals surface area (Å²) in [5.41, 5.74) is 0.247. The van der Waals surface area contributed by atoms with Crippen LogP contribution in [0.1, 0.15) is 19.3 Å². The molecule has 0 spiro atoms. The van der Waals surface area contributed by atoms with Crippen molar-refractivity contribution in [2.24, 2.45) is 4.99 Å². The Morgan fingerprint density at radius 3 is 2.73 bits per heavy atom. The van der Waals surface area contributed by atoms with Crippen molar-refractivity contribution < 1.29 is 22.4 Å². The van der Waals surface area contributed by atoms with Gasteiger partial charge in [-0.2, -0.15) is 23.5 Å². The Kier molecular flexibility index (Phi) is 7.72. The molecule has 0 saturated carbocycles. The van der Waals surface area contributed by atoms with Crippen LogP contribution < -0.4 is 0 Å². The molecular weight excluding hydrogens is 542 g/mol. The number of H-pyrrole nitrogens is 1. The minimum Gasteiger partial charge on any atom is -0.346 e. The van der Waals surface area contributed by atoms with Crippen molar-refractivity contribution in [3.8, 4) is 17.3 Å². The number of alkyl halides is 4. The van der Waals surface area contributed by atoms with Gasteiger partial charge in [-0.3, -0.25) is 19.4 Å². The average molecular weight is 570 g/mol. The lowest BCUT2D eigenvalue weighted by Gasteiger charge is -2.53. The van der Waals surface area contributed by atoms with E-state index < -0.39 is 30.0 Å². The Labute approximate surface area is 232 Å². The second kappa shape index (κ2) is 11.2. The van der Waals surface area contributed by atoms with Crippen molar-refractivity contribution >= 4 is 22.7 Å². The van der Waals surface area contributed by atoms with E-state index in [2.05, 4.69) is 42.6 Å². The standard InChI is InChI=1S/C27H27F4N9O/c1-18(2-8-33-22(12-28)27(29,30)31)25(41)38-10-4-20(5-11-38)39-15-26(16-39,6-7-32)40-14-19(13-37-40)23-21-3-9-34-24(21)36-17-35-23/h2-3,8-9,13-14,17,20H,1,4-6,10-12,15-16H2,(H,34,35,36)/b8-2-,33-22?. The lowest BCUT2D eigenvalue weighted by atomic mass is 9.83. The summed E-state index contributed by atoms with van der Waals surface area (Å²) < 4.78 is 52.2. The molecule has 0 bridgehead atoms. The molecule has 2 aliphatic rings.